The van der Waals surface area contributed by atoms with Crippen LogP contribution in [0, 0.1) is 13.8 Å². The predicted octanol–water partition coefficient (Wildman–Crippen LogP) is 2.35. The summed E-state index contributed by atoms with van der Waals surface area (Å²) in [5.74, 6) is -1.53. The van der Waals surface area contributed by atoms with Crippen LogP contribution in [0.3, 0.4) is 0 Å². The van der Waals surface area contributed by atoms with Gasteiger partial charge in [-0.3, -0.25) is 9.59 Å². The molecule has 1 aliphatic rings. The van der Waals surface area contributed by atoms with Gasteiger partial charge in [0.25, 0.3) is 5.91 Å². The molecule has 1 heterocycles. The Kier molecular flexibility index (Phi) is 5.92. The van der Waals surface area contributed by atoms with Crippen LogP contribution < -0.4 is 10.1 Å². The number of nitrogens with zero attached hydrogens (tertiary/aromatic N) is 1. The zero-order valence-corrected chi connectivity index (χ0v) is 14.2. The molecule has 0 radical (unpaired) electrons. The van der Waals surface area contributed by atoms with E-state index in [4.69, 9.17) is 4.74 Å². The lowest BCUT2D eigenvalue weighted by atomic mass is 10.0. The molecule has 2 rings (SSSR count). The first-order valence-corrected chi connectivity index (χ1v) is 8.03. The Hall–Kier alpha value is -2.25. The highest BCUT2D eigenvalue weighted by Gasteiger charge is 2.43. The van der Waals surface area contributed by atoms with Gasteiger partial charge in [-0.2, -0.15) is 13.2 Å². The first-order chi connectivity index (χ1) is 11.7. The highest BCUT2D eigenvalue weighted by molar-refractivity contribution is 5.82. The van der Waals surface area contributed by atoms with E-state index in [9.17, 15) is 22.8 Å². The SMILES string of the molecule is Cc1cccc(OCC(=O)NC2CCN(C(=O)C(F)(F)F)CC2)c1C. The van der Waals surface area contributed by atoms with Gasteiger partial charge in [0.15, 0.2) is 6.61 Å². The Morgan fingerprint density at radius 3 is 2.48 bits per heavy atom. The molecular formula is C17H21F3N2O3. The van der Waals surface area contributed by atoms with E-state index >= 15 is 0 Å². The van der Waals surface area contributed by atoms with Gasteiger partial charge in [0, 0.05) is 19.1 Å². The average molecular weight is 358 g/mol. The number of likely N-dealkylation sites (tertiary alicyclic amines) is 1. The van der Waals surface area contributed by atoms with E-state index in [0.717, 1.165) is 16.0 Å². The molecule has 1 aromatic rings. The van der Waals surface area contributed by atoms with Crippen molar-refractivity contribution in [3.8, 4) is 5.75 Å². The predicted molar refractivity (Wildman–Crippen MR) is 85.2 cm³/mol. The van der Waals surface area contributed by atoms with Gasteiger partial charge in [-0.15, -0.1) is 0 Å². The van der Waals surface area contributed by atoms with E-state index in [-0.39, 0.29) is 44.5 Å². The number of hydrogen-bond donors (Lipinski definition) is 1. The maximum atomic E-state index is 12.4. The van der Waals surface area contributed by atoms with E-state index < -0.39 is 12.1 Å². The van der Waals surface area contributed by atoms with Crippen LogP contribution in [0.1, 0.15) is 24.0 Å². The van der Waals surface area contributed by atoms with Gasteiger partial charge >= 0.3 is 12.1 Å². The third kappa shape index (κ3) is 5.11. The number of benzene rings is 1. The Bertz CT molecular complexity index is 639. The molecule has 0 bridgehead atoms. The Morgan fingerprint density at radius 2 is 1.88 bits per heavy atom. The average Bonchev–Trinajstić information content (AvgIpc) is 2.55. The number of carbonyl (C=O) groups is 2. The standard InChI is InChI=1S/C17H21F3N2O3/c1-11-4-3-5-14(12(11)2)25-10-15(23)21-13-6-8-22(9-7-13)16(24)17(18,19)20/h3-5,13H,6-10H2,1-2H3,(H,21,23). The van der Waals surface area contributed by atoms with Crippen molar-refractivity contribution in [2.24, 2.45) is 0 Å². The van der Waals surface area contributed by atoms with Crippen molar-refractivity contribution in [2.45, 2.75) is 38.9 Å². The summed E-state index contributed by atoms with van der Waals surface area (Å²) in [6.45, 7) is 3.63. The number of rotatable bonds is 4. The number of aryl methyl sites for hydroxylation is 1. The molecule has 0 unspecified atom stereocenters. The molecule has 1 N–H and O–H groups in total. The fraction of sp³-hybridized carbons (Fsp3) is 0.529. The van der Waals surface area contributed by atoms with Gasteiger partial charge in [0.1, 0.15) is 5.75 Å². The van der Waals surface area contributed by atoms with E-state index in [1.807, 2.05) is 26.0 Å². The summed E-state index contributed by atoms with van der Waals surface area (Å²) in [4.78, 5) is 23.9. The van der Waals surface area contributed by atoms with E-state index in [1.54, 1.807) is 6.07 Å². The molecule has 5 nitrogen and oxygen atoms in total. The number of alkyl halides is 3. The number of hydrogen-bond acceptors (Lipinski definition) is 3. The van der Waals surface area contributed by atoms with E-state index in [1.165, 1.54) is 0 Å². The summed E-state index contributed by atoms with van der Waals surface area (Å²) in [7, 11) is 0. The molecule has 0 aliphatic carbocycles. The maximum absolute atomic E-state index is 12.4. The van der Waals surface area contributed by atoms with Crippen LogP contribution in [-0.2, 0) is 9.59 Å². The largest absolute Gasteiger partial charge is 0.483 e. The minimum atomic E-state index is -4.85. The molecule has 0 saturated carbocycles. The lowest BCUT2D eigenvalue weighted by Crippen LogP contribution is -2.50. The third-order valence-electron chi connectivity index (χ3n) is 4.30. The van der Waals surface area contributed by atoms with Crippen LogP contribution in [0.25, 0.3) is 0 Å². The Morgan fingerprint density at radius 1 is 1.24 bits per heavy atom. The Balaban J connectivity index is 1.77. The summed E-state index contributed by atoms with van der Waals surface area (Å²) in [5, 5.41) is 2.74. The topological polar surface area (TPSA) is 58.6 Å². The zero-order chi connectivity index (χ0) is 18.6. The van der Waals surface area contributed by atoms with Gasteiger partial charge < -0.3 is 15.0 Å². The second-order valence-corrected chi connectivity index (χ2v) is 6.12. The second kappa shape index (κ2) is 7.76. The molecule has 0 atom stereocenters. The first-order valence-electron chi connectivity index (χ1n) is 8.03. The lowest BCUT2D eigenvalue weighted by molar-refractivity contribution is -0.186. The molecule has 138 valence electrons. The minimum Gasteiger partial charge on any atom is -0.483 e. The number of amides is 2. The number of piperidine rings is 1. The fourth-order valence-electron chi connectivity index (χ4n) is 2.70. The van der Waals surface area contributed by atoms with Gasteiger partial charge in [0.2, 0.25) is 0 Å². The van der Waals surface area contributed by atoms with Crippen LogP contribution in [-0.4, -0.2) is 48.6 Å². The van der Waals surface area contributed by atoms with Crippen molar-refractivity contribution in [3.63, 3.8) is 0 Å². The molecule has 1 fully saturated rings. The van der Waals surface area contributed by atoms with Gasteiger partial charge in [-0.25, -0.2) is 0 Å². The smallest absolute Gasteiger partial charge is 0.471 e. The first kappa shape index (κ1) is 19.1. The van der Waals surface area contributed by atoms with Crippen LogP contribution in [0.15, 0.2) is 18.2 Å². The summed E-state index contributed by atoms with van der Waals surface area (Å²) < 4.78 is 42.7. The van der Waals surface area contributed by atoms with Crippen LogP contribution in [0.4, 0.5) is 13.2 Å². The van der Waals surface area contributed by atoms with Crippen molar-refractivity contribution < 1.29 is 27.5 Å². The van der Waals surface area contributed by atoms with Crippen LogP contribution >= 0.6 is 0 Å². The molecule has 8 heteroatoms. The van der Waals surface area contributed by atoms with Gasteiger partial charge in [-0.05, 0) is 43.9 Å². The Labute approximate surface area is 144 Å². The van der Waals surface area contributed by atoms with Crippen LogP contribution in [0.5, 0.6) is 5.75 Å². The van der Waals surface area contributed by atoms with E-state index in [2.05, 4.69) is 5.32 Å². The van der Waals surface area contributed by atoms with Crippen LogP contribution in [0.2, 0.25) is 0 Å². The molecule has 1 aliphatic heterocycles. The summed E-state index contributed by atoms with van der Waals surface area (Å²) in [5.41, 5.74) is 2.01. The quantitative estimate of drug-likeness (QED) is 0.899. The maximum Gasteiger partial charge on any atom is 0.471 e. The summed E-state index contributed by atoms with van der Waals surface area (Å²) in [6.07, 6.45) is -4.27. The van der Waals surface area contributed by atoms with Crippen molar-refractivity contribution in [3.05, 3.63) is 29.3 Å². The van der Waals surface area contributed by atoms with Crippen molar-refractivity contribution >= 4 is 11.8 Å². The number of carbonyl (C=O) groups excluding carboxylic acids is 2. The summed E-state index contributed by atoms with van der Waals surface area (Å²) >= 11 is 0. The fourth-order valence-corrected chi connectivity index (χ4v) is 2.70. The molecule has 25 heavy (non-hydrogen) atoms. The third-order valence-corrected chi connectivity index (χ3v) is 4.30. The highest BCUT2D eigenvalue weighted by Crippen LogP contribution is 2.22. The van der Waals surface area contributed by atoms with Crippen molar-refractivity contribution in [2.75, 3.05) is 19.7 Å². The molecule has 0 aromatic heterocycles. The number of nitrogens with one attached hydrogen (secondary N) is 1. The zero-order valence-electron chi connectivity index (χ0n) is 14.2. The number of ether oxygens (including phenoxy) is 1. The molecular weight excluding hydrogens is 337 g/mol. The lowest BCUT2D eigenvalue weighted by Gasteiger charge is -2.32. The summed E-state index contributed by atoms with van der Waals surface area (Å²) in [6, 6.07) is 5.30. The second-order valence-electron chi connectivity index (χ2n) is 6.12. The molecule has 0 spiro atoms. The van der Waals surface area contributed by atoms with Gasteiger partial charge in [0.05, 0.1) is 0 Å². The normalized spacial score (nSPS) is 15.8. The molecule has 1 saturated heterocycles. The van der Waals surface area contributed by atoms with E-state index in [0.29, 0.717) is 5.75 Å². The molecule has 1 aromatic carbocycles. The minimum absolute atomic E-state index is 0.0267. The van der Waals surface area contributed by atoms with Crippen molar-refractivity contribution in [1.82, 2.24) is 10.2 Å². The number of halogens is 3. The monoisotopic (exact) mass is 358 g/mol. The van der Waals surface area contributed by atoms with Gasteiger partial charge in [-0.1, -0.05) is 12.1 Å². The highest BCUT2D eigenvalue weighted by atomic mass is 19.4. The molecule has 2 amide bonds. The van der Waals surface area contributed by atoms with Crippen molar-refractivity contribution in [1.29, 1.82) is 0 Å².